The van der Waals surface area contributed by atoms with E-state index in [9.17, 15) is 27.9 Å². The molecule has 0 aliphatic carbocycles. The van der Waals surface area contributed by atoms with Gasteiger partial charge < -0.3 is 14.6 Å². The van der Waals surface area contributed by atoms with Crippen LogP contribution in [0.15, 0.2) is 48.5 Å². The van der Waals surface area contributed by atoms with Gasteiger partial charge in [0, 0.05) is 16.9 Å². The number of Topliss-reactive ketones (excluding diaryl/α,β-unsaturated/α-hetero) is 1. The summed E-state index contributed by atoms with van der Waals surface area (Å²) in [4.78, 5) is 25.3. The molecule has 0 saturated heterocycles. The van der Waals surface area contributed by atoms with Crippen molar-refractivity contribution in [1.29, 1.82) is 0 Å². The molecule has 3 rings (SSSR count). The molecule has 0 bridgehead atoms. The molecule has 0 saturated carbocycles. The molecular weight excluding hydrogens is 508 g/mol. The molecule has 0 fully saturated rings. The summed E-state index contributed by atoms with van der Waals surface area (Å²) in [6.07, 6.45) is -4.10. The molecule has 0 unspecified atom stereocenters. The number of alkyl halides is 3. The predicted molar refractivity (Wildman–Crippen MR) is 132 cm³/mol. The van der Waals surface area contributed by atoms with Gasteiger partial charge >= 0.3 is 6.18 Å². The molecule has 0 spiro atoms. The van der Waals surface area contributed by atoms with Gasteiger partial charge in [0.15, 0.2) is 17.3 Å². The van der Waals surface area contributed by atoms with Crippen LogP contribution in [0.3, 0.4) is 0 Å². The Morgan fingerprint density at radius 1 is 0.919 bits per heavy atom. The number of ketones is 1. The first-order valence-corrected chi connectivity index (χ1v) is 12.4. The standard InChI is InChI=1S/C28H28F4O4S/c1-26(2,3)23-17(9-13-20(24(23)29)36-27(4,5)25(34)35)8-12-19(33)22-15-14-21(37-22)16-6-10-18(11-7-16)28(30,31)32/h6-7,9-11,13-15H,8,12H2,1-5H3,(H,34,35)/p-1. The van der Waals surface area contributed by atoms with Crippen molar-refractivity contribution >= 4 is 23.1 Å². The summed E-state index contributed by atoms with van der Waals surface area (Å²) in [6.45, 7) is 7.95. The third-order valence-corrected chi connectivity index (χ3v) is 6.97. The van der Waals surface area contributed by atoms with Crippen molar-refractivity contribution in [1.82, 2.24) is 0 Å². The van der Waals surface area contributed by atoms with Crippen LogP contribution in [0.25, 0.3) is 10.4 Å². The molecule has 0 radical (unpaired) electrons. The highest BCUT2D eigenvalue weighted by Gasteiger charge is 2.31. The second-order valence-electron chi connectivity index (χ2n) is 10.2. The number of carboxylic acids is 1. The predicted octanol–water partition coefficient (Wildman–Crippen LogP) is 6.59. The fourth-order valence-corrected chi connectivity index (χ4v) is 4.83. The molecule has 0 N–H and O–H groups in total. The highest BCUT2D eigenvalue weighted by molar-refractivity contribution is 7.17. The zero-order chi connectivity index (χ0) is 27.8. The Hall–Kier alpha value is -3.20. The number of carbonyl (C=O) groups is 2. The minimum atomic E-state index is -4.42. The molecule has 1 heterocycles. The van der Waals surface area contributed by atoms with Gasteiger partial charge in [-0.05, 0) is 67.1 Å². The molecule has 3 aromatic rings. The highest BCUT2D eigenvalue weighted by atomic mass is 32.1. The average Bonchev–Trinajstić information content (AvgIpc) is 3.28. The minimum absolute atomic E-state index is 0.0836. The van der Waals surface area contributed by atoms with Gasteiger partial charge in [0.25, 0.3) is 0 Å². The molecule has 0 amide bonds. The minimum Gasteiger partial charge on any atom is -0.546 e. The summed E-state index contributed by atoms with van der Waals surface area (Å²) in [5.74, 6) is -2.56. The van der Waals surface area contributed by atoms with E-state index >= 15 is 4.39 Å². The molecule has 0 aliphatic rings. The Kier molecular flexibility index (Phi) is 7.88. The summed E-state index contributed by atoms with van der Waals surface area (Å²) >= 11 is 1.18. The molecule has 0 atom stereocenters. The second-order valence-corrected chi connectivity index (χ2v) is 11.3. The van der Waals surface area contributed by atoms with Crippen LogP contribution < -0.4 is 9.84 Å². The van der Waals surface area contributed by atoms with Gasteiger partial charge in [0.2, 0.25) is 0 Å². The van der Waals surface area contributed by atoms with Crippen molar-refractivity contribution in [2.24, 2.45) is 0 Å². The van der Waals surface area contributed by atoms with Crippen LogP contribution in [0.2, 0.25) is 0 Å². The Balaban J connectivity index is 1.79. The van der Waals surface area contributed by atoms with Crippen LogP contribution in [0.5, 0.6) is 5.75 Å². The van der Waals surface area contributed by atoms with E-state index in [-0.39, 0.29) is 24.4 Å². The quantitative estimate of drug-likeness (QED) is 0.241. The summed E-state index contributed by atoms with van der Waals surface area (Å²) in [6, 6.07) is 11.0. The molecule has 37 heavy (non-hydrogen) atoms. The van der Waals surface area contributed by atoms with E-state index in [2.05, 4.69) is 0 Å². The smallest absolute Gasteiger partial charge is 0.416 e. The number of halogens is 4. The third kappa shape index (κ3) is 6.57. The van der Waals surface area contributed by atoms with Gasteiger partial charge in [-0.2, -0.15) is 13.2 Å². The van der Waals surface area contributed by atoms with Gasteiger partial charge in [-0.3, -0.25) is 4.79 Å². The van der Waals surface area contributed by atoms with Crippen LogP contribution in [0, 0.1) is 5.82 Å². The maximum absolute atomic E-state index is 15.5. The lowest BCUT2D eigenvalue weighted by molar-refractivity contribution is -0.320. The first kappa shape index (κ1) is 28.4. The topological polar surface area (TPSA) is 66.4 Å². The Labute approximate surface area is 216 Å². The Morgan fingerprint density at radius 2 is 1.54 bits per heavy atom. The van der Waals surface area contributed by atoms with Crippen molar-refractivity contribution in [2.75, 3.05) is 0 Å². The van der Waals surface area contributed by atoms with Crippen molar-refractivity contribution in [3.05, 3.63) is 75.9 Å². The van der Waals surface area contributed by atoms with E-state index in [1.165, 1.54) is 43.4 Å². The second kappa shape index (κ2) is 10.3. The number of aryl methyl sites for hydroxylation is 1. The lowest BCUT2D eigenvalue weighted by atomic mass is 9.81. The van der Waals surface area contributed by atoms with E-state index in [1.807, 2.05) is 0 Å². The summed E-state index contributed by atoms with van der Waals surface area (Å²) < 4.78 is 59.3. The molecule has 2 aromatic carbocycles. The van der Waals surface area contributed by atoms with E-state index in [1.54, 1.807) is 39.0 Å². The number of thiophene rings is 1. The number of carbonyl (C=O) groups excluding carboxylic acids is 2. The maximum atomic E-state index is 15.5. The van der Waals surface area contributed by atoms with Crippen molar-refractivity contribution in [3.8, 4) is 16.2 Å². The van der Waals surface area contributed by atoms with E-state index in [0.717, 1.165) is 12.1 Å². The van der Waals surface area contributed by atoms with Crippen molar-refractivity contribution < 1.29 is 37.0 Å². The number of carboxylic acid groups (broad SMARTS) is 1. The molecule has 198 valence electrons. The van der Waals surface area contributed by atoms with Gasteiger partial charge in [-0.15, -0.1) is 11.3 Å². The average molecular weight is 536 g/mol. The summed E-state index contributed by atoms with van der Waals surface area (Å²) in [5, 5.41) is 11.3. The monoisotopic (exact) mass is 535 g/mol. The fourth-order valence-electron chi connectivity index (χ4n) is 3.85. The molecule has 9 heteroatoms. The Bertz CT molecular complexity index is 1300. The first-order chi connectivity index (χ1) is 17.0. The van der Waals surface area contributed by atoms with Crippen LogP contribution >= 0.6 is 11.3 Å². The molecule has 0 aliphatic heterocycles. The maximum Gasteiger partial charge on any atom is 0.416 e. The van der Waals surface area contributed by atoms with Crippen molar-refractivity contribution in [2.45, 2.75) is 64.7 Å². The van der Waals surface area contributed by atoms with Crippen LogP contribution in [-0.2, 0) is 22.8 Å². The molecule has 4 nitrogen and oxygen atoms in total. The SMILES string of the molecule is CC(C)(Oc1ccc(CCC(=O)c2ccc(-c3ccc(C(F)(F)F)cc3)s2)c(C(C)(C)C)c1F)C(=O)[O-]. The summed E-state index contributed by atoms with van der Waals surface area (Å²) in [7, 11) is 0. The lowest BCUT2D eigenvalue weighted by Crippen LogP contribution is -2.48. The largest absolute Gasteiger partial charge is 0.546 e. The van der Waals surface area contributed by atoms with E-state index in [0.29, 0.717) is 26.4 Å². The van der Waals surface area contributed by atoms with Crippen LogP contribution in [-0.4, -0.2) is 17.4 Å². The van der Waals surface area contributed by atoms with Crippen molar-refractivity contribution in [3.63, 3.8) is 0 Å². The van der Waals surface area contributed by atoms with Gasteiger partial charge in [0.1, 0.15) is 5.60 Å². The van der Waals surface area contributed by atoms with E-state index in [4.69, 9.17) is 4.74 Å². The number of aliphatic carboxylic acids is 1. The van der Waals surface area contributed by atoms with Gasteiger partial charge in [0.05, 0.1) is 16.4 Å². The van der Waals surface area contributed by atoms with Crippen LogP contribution in [0.1, 0.15) is 67.4 Å². The molecule has 1 aromatic heterocycles. The number of benzene rings is 2. The zero-order valence-electron chi connectivity index (χ0n) is 21.1. The third-order valence-electron chi connectivity index (χ3n) is 5.80. The van der Waals surface area contributed by atoms with E-state index < -0.39 is 34.5 Å². The summed E-state index contributed by atoms with van der Waals surface area (Å²) in [5.41, 5.74) is -1.65. The number of hydrogen-bond donors (Lipinski definition) is 0. The first-order valence-electron chi connectivity index (χ1n) is 11.5. The highest BCUT2D eigenvalue weighted by Crippen LogP contribution is 2.37. The number of hydrogen-bond acceptors (Lipinski definition) is 5. The normalized spacial score (nSPS) is 12.5. The number of rotatable bonds is 8. The van der Waals surface area contributed by atoms with Gasteiger partial charge in [-0.25, -0.2) is 4.39 Å². The Morgan fingerprint density at radius 3 is 2.08 bits per heavy atom. The zero-order valence-corrected chi connectivity index (χ0v) is 21.9. The number of ether oxygens (including phenoxy) is 1. The molecular formula is C28H27F4O4S-. The lowest BCUT2D eigenvalue weighted by Gasteiger charge is -2.30. The fraction of sp³-hybridized carbons (Fsp3) is 0.357. The van der Waals surface area contributed by atoms with Gasteiger partial charge in [-0.1, -0.05) is 39.0 Å². The van der Waals surface area contributed by atoms with Crippen LogP contribution in [0.4, 0.5) is 17.6 Å².